The minimum atomic E-state index is -0.824. The van der Waals surface area contributed by atoms with E-state index in [1.165, 1.54) is 6.07 Å². The monoisotopic (exact) mass is 287 g/mol. The van der Waals surface area contributed by atoms with Crippen LogP contribution in [-0.2, 0) is 9.53 Å². The van der Waals surface area contributed by atoms with Crippen LogP contribution in [0.5, 0.6) is 0 Å². The molecule has 1 aromatic rings. The second-order valence-electron chi connectivity index (χ2n) is 3.90. The molecule has 0 aliphatic rings. The molecule has 104 valence electrons. The van der Waals surface area contributed by atoms with Crippen LogP contribution in [0, 0.1) is 5.82 Å². The number of ether oxygens (including phenoxy) is 1. The molecule has 1 aromatic carbocycles. The number of rotatable bonds is 6. The first-order chi connectivity index (χ1) is 9.04. The number of unbranched alkanes of at least 4 members (excludes halogenated alkanes) is 1. The first-order valence-corrected chi connectivity index (χ1v) is 6.31. The fourth-order valence-corrected chi connectivity index (χ4v) is 1.51. The van der Waals surface area contributed by atoms with Crippen molar-refractivity contribution in [2.75, 3.05) is 13.2 Å². The number of esters is 1. The van der Waals surface area contributed by atoms with Crippen molar-refractivity contribution >= 4 is 23.5 Å². The zero-order chi connectivity index (χ0) is 14.3. The molecule has 0 unspecified atom stereocenters. The highest BCUT2D eigenvalue weighted by Gasteiger charge is 2.14. The summed E-state index contributed by atoms with van der Waals surface area (Å²) in [6.45, 7) is 2.13. The zero-order valence-electron chi connectivity index (χ0n) is 10.5. The maximum absolute atomic E-state index is 13.0. The van der Waals surface area contributed by atoms with Gasteiger partial charge < -0.3 is 10.1 Å². The van der Waals surface area contributed by atoms with Crippen molar-refractivity contribution in [1.82, 2.24) is 5.32 Å². The van der Waals surface area contributed by atoms with Gasteiger partial charge in [-0.1, -0.05) is 24.9 Å². The summed E-state index contributed by atoms with van der Waals surface area (Å²) in [5.41, 5.74) is -0.0944. The third-order valence-electron chi connectivity index (χ3n) is 2.34. The maximum atomic E-state index is 13.0. The molecular formula is C13H15ClFNO3. The summed E-state index contributed by atoms with van der Waals surface area (Å²) in [5, 5.41) is 2.67. The SMILES string of the molecule is CCCCNC(=O)COC(=O)c1cc(F)ccc1Cl. The average molecular weight is 288 g/mol. The summed E-state index contributed by atoms with van der Waals surface area (Å²) in [6.07, 6.45) is 1.81. The Morgan fingerprint density at radius 2 is 2.16 bits per heavy atom. The highest BCUT2D eigenvalue weighted by Crippen LogP contribution is 2.17. The highest BCUT2D eigenvalue weighted by atomic mass is 35.5. The molecule has 0 saturated heterocycles. The van der Waals surface area contributed by atoms with Crippen molar-refractivity contribution < 1.29 is 18.7 Å². The number of nitrogens with one attached hydrogen (secondary N) is 1. The molecule has 19 heavy (non-hydrogen) atoms. The van der Waals surface area contributed by atoms with Crippen molar-refractivity contribution in [3.8, 4) is 0 Å². The largest absolute Gasteiger partial charge is 0.452 e. The van der Waals surface area contributed by atoms with Crippen molar-refractivity contribution in [2.24, 2.45) is 0 Å². The first kappa shape index (κ1) is 15.4. The van der Waals surface area contributed by atoms with E-state index in [1.54, 1.807) is 0 Å². The van der Waals surface area contributed by atoms with Gasteiger partial charge in [0, 0.05) is 6.54 Å². The number of hydrogen-bond donors (Lipinski definition) is 1. The molecule has 0 spiro atoms. The van der Waals surface area contributed by atoms with Crippen LogP contribution in [0.3, 0.4) is 0 Å². The Morgan fingerprint density at radius 1 is 1.42 bits per heavy atom. The second kappa shape index (κ2) is 7.74. The Hall–Kier alpha value is -1.62. The van der Waals surface area contributed by atoms with Crippen molar-refractivity contribution in [2.45, 2.75) is 19.8 Å². The summed E-state index contributed by atoms with van der Waals surface area (Å²) in [4.78, 5) is 22.9. The van der Waals surface area contributed by atoms with Crippen LogP contribution in [-0.4, -0.2) is 25.0 Å². The Labute approximate surface area is 115 Å². The smallest absolute Gasteiger partial charge is 0.340 e. The van der Waals surface area contributed by atoms with Gasteiger partial charge in [0.15, 0.2) is 6.61 Å². The average Bonchev–Trinajstić information content (AvgIpc) is 2.39. The van der Waals surface area contributed by atoms with Crippen molar-refractivity contribution in [3.63, 3.8) is 0 Å². The van der Waals surface area contributed by atoms with Crippen LogP contribution >= 0.6 is 11.6 Å². The Morgan fingerprint density at radius 3 is 2.84 bits per heavy atom. The van der Waals surface area contributed by atoms with Crippen LogP contribution in [0.1, 0.15) is 30.1 Å². The molecule has 0 saturated carbocycles. The minimum absolute atomic E-state index is 0.0813. The molecule has 1 rings (SSSR count). The van der Waals surface area contributed by atoms with E-state index in [0.29, 0.717) is 6.54 Å². The quantitative estimate of drug-likeness (QED) is 0.646. The number of carbonyl (C=O) groups excluding carboxylic acids is 2. The molecule has 0 aliphatic carbocycles. The third kappa shape index (κ3) is 5.26. The first-order valence-electron chi connectivity index (χ1n) is 5.93. The molecule has 0 aromatic heterocycles. The lowest BCUT2D eigenvalue weighted by Gasteiger charge is -2.07. The van der Waals surface area contributed by atoms with Crippen LogP contribution in [0.25, 0.3) is 0 Å². The number of amides is 1. The molecule has 1 N–H and O–H groups in total. The lowest BCUT2D eigenvalue weighted by Crippen LogP contribution is -2.29. The second-order valence-corrected chi connectivity index (χ2v) is 4.31. The van der Waals surface area contributed by atoms with E-state index in [9.17, 15) is 14.0 Å². The molecule has 6 heteroatoms. The van der Waals surface area contributed by atoms with Crippen LogP contribution in [0.2, 0.25) is 5.02 Å². The summed E-state index contributed by atoms with van der Waals surface area (Å²) in [6, 6.07) is 3.37. The van der Waals surface area contributed by atoms with Gasteiger partial charge in [-0.2, -0.15) is 0 Å². The van der Waals surface area contributed by atoms with Crippen LogP contribution in [0.15, 0.2) is 18.2 Å². The fraction of sp³-hybridized carbons (Fsp3) is 0.385. The highest BCUT2D eigenvalue weighted by molar-refractivity contribution is 6.33. The van der Waals surface area contributed by atoms with E-state index in [2.05, 4.69) is 5.32 Å². The number of carbonyl (C=O) groups is 2. The van der Waals surface area contributed by atoms with E-state index in [-0.39, 0.29) is 10.6 Å². The van der Waals surface area contributed by atoms with Crippen LogP contribution in [0.4, 0.5) is 4.39 Å². The lowest BCUT2D eigenvalue weighted by molar-refractivity contribution is -0.124. The molecule has 0 atom stereocenters. The Kier molecular flexibility index (Phi) is 6.29. The number of hydrogen-bond acceptors (Lipinski definition) is 3. The Bertz CT molecular complexity index is 465. The van der Waals surface area contributed by atoms with Gasteiger partial charge in [-0.3, -0.25) is 4.79 Å². The minimum Gasteiger partial charge on any atom is -0.452 e. The van der Waals surface area contributed by atoms with Gasteiger partial charge in [-0.15, -0.1) is 0 Å². The molecule has 4 nitrogen and oxygen atoms in total. The van der Waals surface area contributed by atoms with Gasteiger partial charge in [0.05, 0.1) is 10.6 Å². The summed E-state index contributed by atoms with van der Waals surface area (Å²) in [7, 11) is 0. The standard InChI is InChI=1S/C13H15ClFNO3/c1-2-3-6-16-12(17)8-19-13(18)10-7-9(15)4-5-11(10)14/h4-5,7H,2-3,6,8H2,1H3,(H,16,17). The Balaban J connectivity index is 2.47. The van der Waals surface area contributed by atoms with Gasteiger partial charge in [0.1, 0.15) is 5.82 Å². The molecule has 1 amide bonds. The lowest BCUT2D eigenvalue weighted by atomic mass is 10.2. The maximum Gasteiger partial charge on any atom is 0.340 e. The van der Waals surface area contributed by atoms with Gasteiger partial charge in [-0.05, 0) is 24.6 Å². The van der Waals surface area contributed by atoms with Gasteiger partial charge >= 0.3 is 5.97 Å². The van der Waals surface area contributed by atoms with Crippen LogP contribution < -0.4 is 5.32 Å². The van der Waals surface area contributed by atoms with Crippen molar-refractivity contribution in [1.29, 1.82) is 0 Å². The van der Waals surface area contributed by atoms with E-state index < -0.39 is 24.3 Å². The number of halogens is 2. The molecule has 0 fully saturated rings. The fourth-order valence-electron chi connectivity index (χ4n) is 1.32. The van der Waals surface area contributed by atoms with Crippen molar-refractivity contribution in [3.05, 3.63) is 34.6 Å². The van der Waals surface area contributed by atoms with E-state index in [1.807, 2.05) is 6.92 Å². The predicted molar refractivity (Wildman–Crippen MR) is 69.6 cm³/mol. The predicted octanol–water partition coefficient (Wildman–Crippen LogP) is 2.55. The number of benzene rings is 1. The van der Waals surface area contributed by atoms with E-state index in [4.69, 9.17) is 16.3 Å². The van der Waals surface area contributed by atoms with Gasteiger partial charge in [0.25, 0.3) is 5.91 Å². The normalized spacial score (nSPS) is 10.1. The van der Waals surface area contributed by atoms with Gasteiger partial charge in [-0.25, -0.2) is 9.18 Å². The summed E-state index contributed by atoms with van der Waals surface area (Å²) >= 11 is 5.74. The molecular weight excluding hydrogens is 273 g/mol. The summed E-state index contributed by atoms with van der Waals surface area (Å²) in [5.74, 6) is -1.81. The topological polar surface area (TPSA) is 55.4 Å². The zero-order valence-corrected chi connectivity index (χ0v) is 11.3. The molecule has 0 aliphatic heterocycles. The third-order valence-corrected chi connectivity index (χ3v) is 2.66. The molecule has 0 bridgehead atoms. The molecule has 0 radical (unpaired) electrons. The summed E-state index contributed by atoms with van der Waals surface area (Å²) < 4.78 is 17.7. The molecule has 0 heterocycles. The van der Waals surface area contributed by atoms with Gasteiger partial charge in [0.2, 0.25) is 0 Å². The van der Waals surface area contributed by atoms with E-state index in [0.717, 1.165) is 25.0 Å². The van der Waals surface area contributed by atoms with E-state index >= 15 is 0 Å².